The molecule has 0 aliphatic rings. The predicted octanol–water partition coefficient (Wildman–Crippen LogP) is 4.16. The van der Waals surface area contributed by atoms with Gasteiger partial charge in [-0.15, -0.1) is 23.4 Å². The smallest absolute Gasteiger partial charge is 0.138 e. The van der Waals surface area contributed by atoms with Crippen molar-refractivity contribution in [2.45, 2.75) is 16.5 Å². The zero-order valence-corrected chi connectivity index (χ0v) is 11.3. The molecule has 0 aliphatic carbocycles. The van der Waals surface area contributed by atoms with Gasteiger partial charge in [-0.25, -0.2) is 9.97 Å². The van der Waals surface area contributed by atoms with Gasteiger partial charge in [0.05, 0.1) is 16.7 Å². The summed E-state index contributed by atoms with van der Waals surface area (Å²) in [6.45, 7) is 0. The van der Waals surface area contributed by atoms with Crippen LogP contribution in [0.5, 0.6) is 0 Å². The zero-order valence-electron chi connectivity index (χ0n) is 8.94. The normalized spacial score (nSPS) is 10.5. The highest BCUT2D eigenvalue weighted by atomic mass is 35.5. The van der Waals surface area contributed by atoms with Gasteiger partial charge in [0.2, 0.25) is 0 Å². The Balaban J connectivity index is 2.00. The number of rotatable bonds is 4. The lowest BCUT2D eigenvalue weighted by Gasteiger charge is -2.03. The third-order valence-electron chi connectivity index (χ3n) is 2.11. The molecular weight excluding hydrogens is 275 g/mol. The van der Waals surface area contributed by atoms with E-state index < -0.39 is 0 Å². The monoisotopic (exact) mass is 284 g/mol. The van der Waals surface area contributed by atoms with Crippen LogP contribution < -0.4 is 0 Å². The second-order valence-electron chi connectivity index (χ2n) is 3.36. The highest BCUT2D eigenvalue weighted by Crippen LogP contribution is 2.28. The van der Waals surface area contributed by atoms with Gasteiger partial charge in [0.15, 0.2) is 0 Å². The van der Waals surface area contributed by atoms with Crippen molar-refractivity contribution in [3.63, 3.8) is 0 Å². The van der Waals surface area contributed by atoms with Crippen LogP contribution in [0.4, 0.5) is 0 Å². The van der Waals surface area contributed by atoms with E-state index in [-0.39, 0.29) is 0 Å². The predicted molar refractivity (Wildman–Crippen MR) is 72.6 cm³/mol. The summed E-state index contributed by atoms with van der Waals surface area (Å²) in [4.78, 5) is 9.51. The highest BCUT2D eigenvalue weighted by molar-refractivity contribution is 7.98. The average molecular weight is 285 g/mol. The first kappa shape index (κ1) is 12.7. The lowest BCUT2D eigenvalue weighted by atomic mass is 10.4. The molecule has 0 fully saturated rings. The van der Waals surface area contributed by atoms with Crippen molar-refractivity contribution in [2.24, 2.45) is 0 Å². The van der Waals surface area contributed by atoms with Gasteiger partial charge in [-0.2, -0.15) is 0 Å². The second kappa shape index (κ2) is 6.24. The van der Waals surface area contributed by atoms with Gasteiger partial charge in [0.1, 0.15) is 5.82 Å². The van der Waals surface area contributed by atoms with Gasteiger partial charge in [-0.1, -0.05) is 23.7 Å². The minimum Gasteiger partial charge on any atom is -0.240 e. The molecule has 0 aliphatic heterocycles. The summed E-state index contributed by atoms with van der Waals surface area (Å²) >= 11 is 13.4. The molecule has 0 spiro atoms. The van der Waals surface area contributed by atoms with Crippen LogP contribution in [-0.2, 0) is 11.6 Å². The van der Waals surface area contributed by atoms with E-state index in [1.165, 1.54) is 0 Å². The minimum atomic E-state index is 0.442. The van der Waals surface area contributed by atoms with E-state index in [2.05, 4.69) is 9.97 Å². The summed E-state index contributed by atoms with van der Waals surface area (Å²) in [6.07, 6.45) is 3.50. The molecule has 5 heteroatoms. The Morgan fingerprint density at radius 3 is 2.47 bits per heavy atom. The number of halogens is 2. The van der Waals surface area contributed by atoms with Gasteiger partial charge in [-0.05, 0) is 12.1 Å². The summed E-state index contributed by atoms with van der Waals surface area (Å²) in [5.74, 6) is 1.92. The van der Waals surface area contributed by atoms with Crippen LogP contribution in [0.15, 0.2) is 41.6 Å². The van der Waals surface area contributed by atoms with E-state index >= 15 is 0 Å². The maximum atomic E-state index is 6.06. The largest absolute Gasteiger partial charge is 0.240 e. The van der Waals surface area contributed by atoms with Gasteiger partial charge in [-0.3, -0.25) is 0 Å². The van der Waals surface area contributed by atoms with Crippen LogP contribution in [0.2, 0.25) is 5.02 Å². The number of hydrogen-bond acceptors (Lipinski definition) is 3. The van der Waals surface area contributed by atoms with Crippen molar-refractivity contribution >= 4 is 35.0 Å². The molecule has 2 aromatic rings. The molecule has 1 aromatic carbocycles. The third kappa shape index (κ3) is 3.60. The first-order valence-electron chi connectivity index (χ1n) is 5.02. The maximum absolute atomic E-state index is 6.06. The fourth-order valence-electron chi connectivity index (χ4n) is 1.23. The second-order valence-corrected chi connectivity index (χ2v) is 5.05. The fraction of sp³-hybridized carbons (Fsp3) is 0.167. The van der Waals surface area contributed by atoms with Gasteiger partial charge >= 0.3 is 0 Å². The van der Waals surface area contributed by atoms with Gasteiger partial charge in [0, 0.05) is 22.9 Å². The molecule has 1 aromatic heterocycles. The summed E-state index contributed by atoms with van der Waals surface area (Å²) in [6, 6.07) is 7.74. The van der Waals surface area contributed by atoms with Crippen molar-refractivity contribution in [1.29, 1.82) is 0 Å². The Kier molecular flexibility index (Phi) is 4.66. The molecule has 0 bridgehead atoms. The van der Waals surface area contributed by atoms with Crippen LogP contribution >= 0.6 is 35.0 Å². The first-order valence-corrected chi connectivity index (χ1v) is 6.92. The lowest BCUT2D eigenvalue weighted by molar-refractivity contribution is 1.01. The highest BCUT2D eigenvalue weighted by Gasteiger charge is 2.02. The molecule has 17 heavy (non-hydrogen) atoms. The van der Waals surface area contributed by atoms with Crippen molar-refractivity contribution in [3.05, 3.63) is 53.1 Å². The zero-order chi connectivity index (χ0) is 12.1. The number of benzene rings is 1. The molecule has 0 atom stereocenters. The van der Waals surface area contributed by atoms with Crippen molar-refractivity contribution in [2.75, 3.05) is 0 Å². The minimum absolute atomic E-state index is 0.442. The van der Waals surface area contributed by atoms with Gasteiger partial charge < -0.3 is 0 Å². The first-order chi connectivity index (χ1) is 8.29. The van der Waals surface area contributed by atoms with Crippen molar-refractivity contribution in [3.8, 4) is 0 Å². The Morgan fingerprint density at radius 2 is 1.82 bits per heavy atom. The standard InChI is InChI=1S/C12H10Cl2N2S/c13-5-9-6-15-12(16-7-9)8-17-11-4-2-1-3-10(11)14/h1-4,6-7H,5,8H2. The quantitative estimate of drug-likeness (QED) is 0.623. The Labute approximate surface area is 114 Å². The topological polar surface area (TPSA) is 25.8 Å². The number of thioether (sulfide) groups is 1. The molecule has 88 valence electrons. The van der Waals surface area contributed by atoms with Crippen LogP contribution in [0, 0.1) is 0 Å². The summed E-state index contributed by atoms with van der Waals surface area (Å²) in [5.41, 5.74) is 0.929. The van der Waals surface area contributed by atoms with Crippen LogP contribution in [-0.4, -0.2) is 9.97 Å². The van der Waals surface area contributed by atoms with Crippen LogP contribution in [0.25, 0.3) is 0 Å². The average Bonchev–Trinajstić information content (AvgIpc) is 2.38. The molecule has 2 rings (SSSR count). The van der Waals surface area contributed by atoms with E-state index in [4.69, 9.17) is 23.2 Å². The number of hydrogen-bond donors (Lipinski definition) is 0. The molecule has 0 amide bonds. The van der Waals surface area contributed by atoms with Crippen LogP contribution in [0.3, 0.4) is 0 Å². The van der Waals surface area contributed by atoms with Crippen molar-refractivity contribution < 1.29 is 0 Å². The van der Waals surface area contributed by atoms with E-state index in [0.29, 0.717) is 11.6 Å². The molecule has 0 N–H and O–H groups in total. The summed E-state index contributed by atoms with van der Waals surface area (Å²) < 4.78 is 0. The van der Waals surface area contributed by atoms with Crippen molar-refractivity contribution in [1.82, 2.24) is 9.97 Å². The fourth-order valence-corrected chi connectivity index (χ4v) is 2.48. The Hall–Kier alpha value is -0.770. The Bertz CT molecular complexity index is 488. The van der Waals surface area contributed by atoms with E-state index in [1.54, 1.807) is 24.2 Å². The molecule has 0 unspecified atom stereocenters. The SMILES string of the molecule is ClCc1cnc(CSc2ccccc2Cl)nc1. The summed E-state index contributed by atoms with van der Waals surface area (Å²) in [5, 5.41) is 0.759. The maximum Gasteiger partial charge on any atom is 0.138 e. The van der Waals surface area contributed by atoms with E-state index in [1.807, 2.05) is 24.3 Å². The van der Waals surface area contributed by atoms with E-state index in [9.17, 15) is 0 Å². The third-order valence-corrected chi connectivity index (χ3v) is 3.93. The lowest BCUT2D eigenvalue weighted by Crippen LogP contribution is -1.93. The van der Waals surface area contributed by atoms with Gasteiger partial charge in [0.25, 0.3) is 0 Å². The molecular formula is C12H10Cl2N2S. The number of nitrogens with zero attached hydrogens (tertiary/aromatic N) is 2. The molecule has 0 saturated heterocycles. The Morgan fingerprint density at radius 1 is 1.12 bits per heavy atom. The molecule has 1 heterocycles. The van der Waals surface area contributed by atoms with Crippen LogP contribution in [0.1, 0.15) is 11.4 Å². The molecule has 2 nitrogen and oxygen atoms in total. The summed E-state index contributed by atoms with van der Waals surface area (Å²) in [7, 11) is 0. The molecule has 0 radical (unpaired) electrons. The number of aromatic nitrogens is 2. The van der Waals surface area contributed by atoms with E-state index in [0.717, 1.165) is 21.3 Å². The number of alkyl halides is 1. The molecule has 0 saturated carbocycles.